The number of benzene rings is 3. The fourth-order valence-corrected chi connectivity index (χ4v) is 4.58. The van der Waals surface area contributed by atoms with E-state index in [0.717, 1.165) is 26.8 Å². The van der Waals surface area contributed by atoms with E-state index < -0.39 is 0 Å². The van der Waals surface area contributed by atoms with E-state index in [-0.39, 0.29) is 5.91 Å². The highest BCUT2D eigenvalue weighted by molar-refractivity contribution is 9.10. The molecular formula is C25H23BrN2O2S. The van der Waals surface area contributed by atoms with Gasteiger partial charge in [0, 0.05) is 33.0 Å². The third-order valence-corrected chi connectivity index (χ3v) is 6.41. The minimum Gasteiger partial charge on any atom is -0.492 e. The van der Waals surface area contributed by atoms with Crippen LogP contribution >= 0.6 is 27.7 Å². The standard InChI is InChI=1S/C25H23BrN2O2S/c1-2-30-23-10-6-4-8-21(23)27-25(29)17-31-24-16-28(22-9-5-3-7-20(22)24)15-18-11-13-19(26)14-12-18/h3-14,16H,2,15,17H2,1H3,(H,27,29). The number of ether oxygens (including phenoxy) is 1. The van der Waals surface area contributed by atoms with Gasteiger partial charge in [-0.1, -0.05) is 58.4 Å². The molecule has 4 nitrogen and oxygen atoms in total. The van der Waals surface area contributed by atoms with Crippen LogP contribution < -0.4 is 10.1 Å². The maximum absolute atomic E-state index is 12.6. The highest BCUT2D eigenvalue weighted by atomic mass is 79.9. The van der Waals surface area contributed by atoms with Crippen molar-refractivity contribution in [3.63, 3.8) is 0 Å². The second kappa shape index (κ2) is 10.1. The number of hydrogen-bond acceptors (Lipinski definition) is 3. The monoisotopic (exact) mass is 494 g/mol. The summed E-state index contributed by atoms with van der Waals surface area (Å²) in [6.45, 7) is 3.26. The Kier molecular flexibility index (Phi) is 6.99. The summed E-state index contributed by atoms with van der Waals surface area (Å²) in [7, 11) is 0. The maximum atomic E-state index is 12.6. The largest absolute Gasteiger partial charge is 0.492 e. The molecule has 0 aliphatic carbocycles. The summed E-state index contributed by atoms with van der Waals surface area (Å²) in [5, 5.41) is 4.13. The molecule has 158 valence electrons. The number of hydrogen-bond donors (Lipinski definition) is 1. The molecule has 31 heavy (non-hydrogen) atoms. The van der Waals surface area contributed by atoms with E-state index in [0.29, 0.717) is 23.8 Å². The lowest BCUT2D eigenvalue weighted by molar-refractivity contribution is -0.113. The number of nitrogens with zero attached hydrogens (tertiary/aromatic N) is 1. The molecule has 4 rings (SSSR count). The molecule has 1 N–H and O–H groups in total. The van der Waals surface area contributed by atoms with Crippen molar-refractivity contribution in [2.75, 3.05) is 17.7 Å². The molecule has 6 heteroatoms. The molecule has 0 bridgehead atoms. The average molecular weight is 495 g/mol. The highest BCUT2D eigenvalue weighted by Gasteiger charge is 2.12. The average Bonchev–Trinajstić information content (AvgIpc) is 3.13. The molecule has 0 unspecified atom stereocenters. The van der Waals surface area contributed by atoms with Gasteiger partial charge in [-0.3, -0.25) is 4.79 Å². The van der Waals surface area contributed by atoms with Crippen molar-refractivity contribution in [3.05, 3.63) is 89.0 Å². The Morgan fingerprint density at radius 3 is 2.58 bits per heavy atom. The van der Waals surface area contributed by atoms with Gasteiger partial charge < -0.3 is 14.6 Å². The molecule has 0 aliphatic rings. The lowest BCUT2D eigenvalue weighted by Gasteiger charge is -2.11. The van der Waals surface area contributed by atoms with Gasteiger partial charge in [-0.05, 0) is 42.8 Å². The van der Waals surface area contributed by atoms with Crippen LogP contribution in [0.1, 0.15) is 12.5 Å². The molecule has 1 aromatic heterocycles. The van der Waals surface area contributed by atoms with Gasteiger partial charge in [-0.15, -0.1) is 11.8 Å². The third-order valence-electron chi connectivity index (χ3n) is 4.84. The molecule has 3 aromatic carbocycles. The zero-order valence-corrected chi connectivity index (χ0v) is 19.6. The second-order valence-corrected chi connectivity index (χ2v) is 8.96. The molecule has 1 heterocycles. The van der Waals surface area contributed by atoms with Gasteiger partial charge in [-0.2, -0.15) is 0 Å². The topological polar surface area (TPSA) is 43.3 Å². The number of fused-ring (bicyclic) bond motifs is 1. The lowest BCUT2D eigenvalue weighted by atomic mass is 10.2. The fourth-order valence-electron chi connectivity index (χ4n) is 3.43. The minimum absolute atomic E-state index is 0.0538. The van der Waals surface area contributed by atoms with Crippen molar-refractivity contribution in [2.24, 2.45) is 0 Å². The first-order valence-corrected chi connectivity index (χ1v) is 11.9. The molecule has 0 spiro atoms. The molecule has 0 saturated heterocycles. The summed E-state index contributed by atoms with van der Waals surface area (Å²) in [6.07, 6.45) is 2.14. The van der Waals surface area contributed by atoms with Gasteiger partial charge in [0.05, 0.1) is 18.0 Å². The summed E-state index contributed by atoms with van der Waals surface area (Å²) < 4.78 is 8.91. The molecule has 0 atom stereocenters. The first-order valence-electron chi connectivity index (χ1n) is 10.1. The number of amides is 1. The molecule has 1 amide bonds. The van der Waals surface area contributed by atoms with E-state index >= 15 is 0 Å². The number of carbonyl (C=O) groups is 1. The summed E-state index contributed by atoms with van der Waals surface area (Å²) in [5.41, 5.74) is 3.09. The fraction of sp³-hybridized carbons (Fsp3) is 0.160. The number of nitrogens with one attached hydrogen (secondary N) is 1. The van der Waals surface area contributed by atoms with Crippen LogP contribution in [0.3, 0.4) is 0 Å². The van der Waals surface area contributed by atoms with E-state index in [2.05, 4.69) is 68.4 Å². The zero-order valence-electron chi connectivity index (χ0n) is 17.2. The van der Waals surface area contributed by atoms with Crippen LogP contribution in [0.4, 0.5) is 5.69 Å². The minimum atomic E-state index is -0.0538. The van der Waals surface area contributed by atoms with Crippen molar-refractivity contribution in [2.45, 2.75) is 18.4 Å². The van der Waals surface area contributed by atoms with Crippen molar-refractivity contribution >= 4 is 50.2 Å². The van der Waals surface area contributed by atoms with Crippen molar-refractivity contribution in [1.29, 1.82) is 0 Å². The van der Waals surface area contributed by atoms with E-state index in [4.69, 9.17) is 4.74 Å². The third kappa shape index (κ3) is 5.32. The summed E-state index contributed by atoms with van der Waals surface area (Å²) in [6, 6.07) is 24.2. The Hall–Kier alpha value is -2.70. The normalized spacial score (nSPS) is 10.9. The SMILES string of the molecule is CCOc1ccccc1NC(=O)CSc1cn(Cc2ccc(Br)cc2)c2ccccc12. The van der Waals surface area contributed by atoms with Crippen molar-refractivity contribution < 1.29 is 9.53 Å². The zero-order chi connectivity index (χ0) is 21.6. The molecule has 4 aromatic rings. The summed E-state index contributed by atoms with van der Waals surface area (Å²) in [5.74, 6) is 0.962. The summed E-state index contributed by atoms with van der Waals surface area (Å²) >= 11 is 5.04. The molecule has 0 saturated carbocycles. The first-order chi connectivity index (χ1) is 15.1. The lowest BCUT2D eigenvalue weighted by Crippen LogP contribution is -2.14. The van der Waals surface area contributed by atoms with Crippen LogP contribution in [0.25, 0.3) is 10.9 Å². The predicted molar refractivity (Wildman–Crippen MR) is 132 cm³/mol. The highest BCUT2D eigenvalue weighted by Crippen LogP contribution is 2.31. The number of para-hydroxylation sites is 3. The summed E-state index contributed by atoms with van der Waals surface area (Å²) in [4.78, 5) is 13.7. The van der Waals surface area contributed by atoms with Crippen LogP contribution in [0.15, 0.2) is 88.4 Å². The molecule has 0 fully saturated rings. The molecular weight excluding hydrogens is 472 g/mol. The smallest absolute Gasteiger partial charge is 0.234 e. The van der Waals surface area contributed by atoms with Gasteiger partial charge in [0.15, 0.2) is 0 Å². The van der Waals surface area contributed by atoms with Crippen molar-refractivity contribution in [1.82, 2.24) is 4.57 Å². The number of rotatable bonds is 8. The number of thioether (sulfide) groups is 1. The van der Waals surface area contributed by atoms with E-state index in [1.807, 2.05) is 43.3 Å². The number of anilines is 1. The Bertz CT molecular complexity index is 1190. The predicted octanol–water partition coefficient (Wildman–Crippen LogP) is 6.58. The van der Waals surface area contributed by atoms with Gasteiger partial charge >= 0.3 is 0 Å². The van der Waals surface area contributed by atoms with Crippen LogP contribution in [0.2, 0.25) is 0 Å². The van der Waals surface area contributed by atoms with Gasteiger partial charge in [0.2, 0.25) is 5.91 Å². The molecule has 0 aliphatic heterocycles. The van der Waals surface area contributed by atoms with Gasteiger partial charge in [0.1, 0.15) is 5.75 Å². The van der Waals surface area contributed by atoms with Crippen molar-refractivity contribution in [3.8, 4) is 5.75 Å². The maximum Gasteiger partial charge on any atom is 0.234 e. The van der Waals surface area contributed by atoms with Crippen LogP contribution in [-0.4, -0.2) is 22.8 Å². The quantitative estimate of drug-likeness (QED) is 0.281. The van der Waals surface area contributed by atoms with E-state index in [9.17, 15) is 4.79 Å². The van der Waals surface area contributed by atoms with Crippen LogP contribution in [0.5, 0.6) is 5.75 Å². The van der Waals surface area contributed by atoms with Gasteiger partial charge in [0.25, 0.3) is 0 Å². The number of halogens is 1. The first kappa shape index (κ1) is 21.5. The van der Waals surface area contributed by atoms with Crippen LogP contribution in [-0.2, 0) is 11.3 Å². The Morgan fingerprint density at radius 1 is 1.03 bits per heavy atom. The van der Waals surface area contributed by atoms with Crippen LogP contribution in [0, 0.1) is 0 Å². The van der Waals surface area contributed by atoms with E-state index in [1.54, 1.807) is 11.8 Å². The van der Waals surface area contributed by atoms with Gasteiger partial charge in [-0.25, -0.2) is 0 Å². The molecule has 0 radical (unpaired) electrons. The number of aromatic nitrogens is 1. The Labute approximate surface area is 194 Å². The Balaban J connectivity index is 1.48. The Morgan fingerprint density at radius 2 is 1.77 bits per heavy atom. The van der Waals surface area contributed by atoms with E-state index in [1.165, 1.54) is 5.56 Å². The second-order valence-electron chi connectivity index (χ2n) is 7.03. The number of carbonyl (C=O) groups excluding carboxylic acids is 1.